The summed E-state index contributed by atoms with van der Waals surface area (Å²) < 4.78 is 28.8. The lowest BCUT2D eigenvalue weighted by atomic mass is 9.79. The Balaban J connectivity index is 2.02. The summed E-state index contributed by atoms with van der Waals surface area (Å²) in [6.45, 7) is 5.07. The molecule has 1 aliphatic carbocycles. The van der Waals surface area contributed by atoms with Gasteiger partial charge in [0.15, 0.2) is 0 Å². The molecule has 1 saturated carbocycles. The first-order valence-electron chi connectivity index (χ1n) is 8.69. The van der Waals surface area contributed by atoms with Gasteiger partial charge in [-0.3, -0.25) is 0 Å². The summed E-state index contributed by atoms with van der Waals surface area (Å²) in [5.41, 5.74) is 11.4. The molecule has 0 unspecified atom stereocenters. The Morgan fingerprint density at radius 3 is 2.46 bits per heavy atom. The summed E-state index contributed by atoms with van der Waals surface area (Å²) in [6.07, 6.45) is 3.27. The Hall–Kier alpha value is -0.225. The molecule has 0 amide bonds. The molecule has 0 bridgehead atoms. The monoisotopic (exact) mass is 362 g/mol. The lowest BCUT2D eigenvalue weighted by Crippen LogP contribution is -2.50. The first-order valence-corrected chi connectivity index (χ1v) is 10.1. The Labute approximate surface area is 145 Å². The fourth-order valence-corrected chi connectivity index (χ4v) is 5.24. The van der Waals surface area contributed by atoms with E-state index in [0.29, 0.717) is 32.5 Å². The van der Waals surface area contributed by atoms with Gasteiger partial charge in [0.25, 0.3) is 10.2 Å². The summed E-state index contributed by atoms with van der Waals surface area (Å²) in [7, 11) is -4.91. The molecule has 2 fully saturated rings. The van der Waals surface area contributed by atoms with Crippen molar-refractivity contribution in [2.45, 2.75) is 56.9 Å². The SMILES string of the molecule is CCN(CC1(N)CC1)S(=O)(=O)N1C[C@H](CCCB(O)O)[C@@](C)(N)C1. The molecule has 24 heavy (non-hydrogen) atoms. The fraction of sp³-hybridized carbons (Fsp3) is 1.00. The average Bonchev–Trinajstić information content (AvgIpc) is 3.11. The van der Waals surface area contributed by atoms with Gasteiger partial charge in [-0.05, 0) is 38.4 Å². The molecule has 140 valence electrons. The number of hydrogen-bond acceptors (Lipinski definition) is 6. The van der Waals surface area contributed by atoms with E-state index in [0.717, 1.165) is 12.8 Å². The van der Waals surface area contributed by atoms with E-state index in [2.05, 4.69) is 0 Å². The maximum Gasteiger partial charge on any atom is 0.451 e. The molecule has 0 aromatic rings. The molecule has 0 spiro atoms. The molecule has 2 atom stereocenters. The van der Waals surface area contributed by atoms with E-state index in [4.69, 9.17) is 21.5 Å². The lowest BCUT2D eigenvalue weighted by Gasteiger charge is -2.29. The first kappa shape index (κ1) is 20.1. The third kappa shape index (κ3) is 4.69. The maximum absolute atomic E-state index is 12.9. The van der Waals surface area contributed by atoms with Crippen molar-refractivity contribution in [2.75, 3.05) is 26.2 Å². The van der Waals surface area contributed by atoms with Gasteiger partial charge >= 0.3 is 7.12 Å². The van der Waals surface area contributed by atoms with E-state index >= 15 is 0 Å². The van der Waals surface area contributed by atoms with Gasteiger partial charge in [-0.2, -0.15) is 17.0 Å². The van der Waals surface area contributed by atoms with Gasteiger partial charge in [0.2, 0.25) is 0 Å². The van der Waals surface area contributed by atoms with Gasteiger partial charge < -0.3 is 21.5 Å². The Bertz CT molecular complexity index is 539. The molecule has 2 rings (SSSR count). The molecule has 2 aliphatic rings. The van der Waals surface area contributed by atoms with Crippen LogP contribution >= 0.6 is 0 Å². The zero-order valence-corrected chi connectivity index (χ0v) is 15.5. The molecule has 0 radical (unpaired) electrons. The van der Waals surface area contributed by atoms with Crippen LogP contribution in [0.1, 0.15) is 39.5 Å². The number of hydrogen-bond donors (Lipinski definition) is 4. The highest BCUT2D eigenvalue weighted by molar-refractivity contribution is 7.86. The largest absolute Gasteiger partial charge is 0.451 e. The second kappa shape index (κ2) is 7.18. The molecular weight excluding hydrogens is 331 g/mol. The summed E-state index contributed by atoms with van der Waals surface area (Å²) in [4.78, 5) is 0. The standard InChI is InChI=1S/C14H31BN4O4S/c1-3-18(11-14(17)6-7-14)24(22,23)19-9-12(13(2,16)10-19)5-4-8-15(20)21/h12,20-21H,3-11,16-17H2,1-2H3/t12-,13-/m0/s1. The summed E-state index contributed by atoms with van der Waals surface area (Å²) in [5, 5.41) is 17.9. The Kier molecular flexibility index (Phi) is 6.01. The van der Waals surface area contributed by atoms with Crippen LogP contribution in [0.2, 0.25) is 6.32 Å². The van der Waals surface area contributed by atoms with Gasteiger partial charge in [0.05, 0.1) is 0 Å². The second-order valence-corrected chi connectivity index (χ2v) is 9.63. The summed E-state index contributed by atoms with van der Waals surface area (Å²) >= 11 is 0. The average molecular weight is 362 g/mol. The first-order chi connectivity index (χ1) is 11.0. The lowest BCUT2D eigenvalue weighted by molar-refractivity contribution is 0.340. The van der Waals surface area contributed by atoms with Crippen molar-refractivity contribution in [1.29, 1.82) is 0 Å². The zero-order chi connectivity index (χ0) is 18.2. The molecule has 0 aromatic heterocycles. The van der Waals surface area contributed by atoms with Gasteiger partial charge in [-0.25, -0.2) is 0 Å². The molecule has 10 heteroatoms. The van der Waals surface area contributed by atoms with Crippen molar-refractivity contribution >= 4 is 17.3 Å². The predicted molar refractivity (Wildman–Crippen MR) is 94.2 cm³/mol. The minimum atomic E-state index is -3.58. The van der Waals surface area contributed by atoms with Crippen LogP contribution in [0.4, 0.5) is 0 Å². The van der Waals surface area contributed by atoms with E-state index in [-0.39, 0.29) is 24.3 Å². The van der Waals surface area contributed by atoms with Crippen molar-refractivity contribution in [3.63, 3.8) is 0 Å². The van der Waals surface area contributed by atoms with Crippen LogP contribution in [-0.4, -0.2) is 71.5 Å². The van der Waals surface area contributed by atoms with Crippen molar-refractivity contribution in [3.05, 3.63) is 0 Å². The van der Waals surface area contributed by atoms with Crippen molar-refractivity contribution < 1.29 is 18.5 Å². The quantitative estimate of drug-likeness (QED) is 0.387. The van der Waals surface area contributed by atoms with E-state index in [1.165, 1.54) is 8.61 Å². The third-order valence-corrected chi connectivity index (χ3v) is 7.25. The third-order valence-electron chi connectivity index (χ3n) is 5.28. The summed E-state index contributed by atoms with van der Waals surface area (Å²) in [5.74, 6) is -0.00232. The highest BCUT2D eigenvalue weighted by Gasteiger charge is 2.48. The van der Waals surface area contributed by atoms with Crippen LogP contribution in [0.5, 0.6) is 0 Å². The second-order valence-electron chi connectivity index (χ2n) is 7.70. The molecule has 1 aliphatic heterocycles. The number of nitrogens with two attached hydrogens (primary N) is 2. The Morgan fingerprint density at radius 1 is 1.33 bits per heavy atom. The van der Waals surface area contributed by atoms with Gasteiger partial charge in [-0.15, -0.1) is 0 Å². The van der Waals surface area contributed by atoms with E-state index in [1.54, 1.807) is 0 Å². The van der Waals surface area contributed by atoms with Gasteiger partial charge in [0, 0.05) is 37.3 Å². The minimum absolute atomic E-state index is 0.00232. The summed E-state index contributed by atoms with van der Waals surface area (Å²) in [6, 6.07) is 0. The van der Waals surface area contributed by atoms with E-state index < -0.39 is 22.9 Å². The fourth-order valence-electron chi connectivity index (χ4n) is 3.36. The number of nitrogens with zero attached hydrogens (tertiary/aromatic N) is 2. The molecule has 6 N–H and O–H groups in total. The minimum Gasteiger partial charge on any atom is -0.427 e. The van der Waals surface area contributed by atoms with Crippen molar-refractivity contribution in [3.8, 4) is 0 Å². The van der Waals surface area contributed by atoms with E-state index in [9.17, 15) is 8.42 Å². The zero-order valence-electron chi connectivity index (χ0n) is 14.7. The molecule has 1 heterocycles. The molecule has 8 nitrogen and oxygen atoms in total. The smallest absolute Gasteiger partial charge is 0.427 e. The van der Waals surface area contributed by atoms with Crippen LogP contribution in [-0.2, 0) is 10.2 Å². The molecule has 1 saturated heterocycles. The van der Waals surface area contributed by atoms with Gasteiger partial charge in [0.1, 0.15) is 0 Å². The van der Waals surface area contributed by atoms with Crippen LogP contribution in [0.25, 0.3) is 0 Å². The number of rotatable bonds is 9. The molecule has 0 aromatic carbocycles. The van der Waals surface area contributed by atoms with Crippen molar-refractivity contribution in [2.24, 2.45) is 17.4 Å². The van der Waals surface area contributed by atoms with E-state index in [1.807, 2.05) is 13.8 Å². The Morgan fingerprint density at radius 2 is 1.96 bits per heavy atom. The highest BCUT2D eigenvalue weighted by Crippen LogP contribution is 2.36. The van der Waals surface area contributed by atoms with Crippen LogP contribution < -0.4 is 11.5 Å². The predicted octanol–water partition coefficient (Wildman–Crippen LogP) is -1.05. The van der Waals surface area contributed by atoms with Crippen LogP contribution in [0.15, 0.2) is 0 Å². The normalized spacial score (nSPS) is 30.0. The highest BCUT2D eigenvalue weighted by atomic mass is 32.2. The maximum atomic E-state index is 12.9. The van der Waals surface area contributed by atoms with Crippen LogP contribution in [0, 0.1) is 5.92 Å². The number of likely N-dealkylation sites (N-methyl/N-ethyl adjacent to an activating group) is 1. The van der Waals surface area contributed by atoms with Gasteiger partial charge in [-0.1, -0.05) is 13.3 Å². The topological polar surface area (TPSA) is 133 Å². The van der Waals surface area contributed by atoms with Crippen molar-refractivity contribution in [1.82, 2.24) is 8.61 Å². The van der Waals surface area contributed by atoms with Crippen LogP contribution in [0.3, 0.4) is 0 Å². The molecular formula is C14H31BN4O4S.